The molecule has 1 amide bonds. The molecule has 0 saturated carbocycles. The van der Waals surface area contributed by atoms with E-state index in [1.165, 1.54) is 11.3 Å². The summed E-state index contributed by atoms with van der Waals surface area (Å²) < 4.78 is 5.71. The monoisotopic (exact) mass is 411 g/mol. The van der Waals surface area contributed by atoms with E-state index in [0.29, 0.717) is 24.7 Å². The molecule has 148 valence electrons. The third-order valence-electron chi connectivity index (χ3n) is 5.38. The average Bonchev–Trinajstić information content (AvgIpc) is 3.19. The molecule has 2 aliphatic heterocycles. The molecule has 5 nitrogen and oxygen atoms in total. The van der Waals surface area contributed by atoms with Crippen molar-refractivity contribution in [2.24, 2.45) is 5.73 Å². The van der Waals surface area contributed by atoms with Crippen LogP contribution in [0.4, 0.5) is 5.69 Å². The van der Waals surface area contributed by atoms with Crippen molar-refractivity contribution in [3.8, 4) is 0 Å². The van der Waals surface area contributed by atoms with Crippen LogP contribution < -0.4 is 10.6 Å². The van der Waals surface area contributed by atoms with Crippen LogP contribution >= 0.6 is 24.8 Å². The van der Waals surface area contributed by atoms with E-state index in [2.05, 4.69) is 36.1 Å². The highest BCUT2D eigenvalue weighted by Crippen LogP contribution is 2.33. The lowest BCUT2D eigenvalue weighted by atomic mass is 10.1. The topological polar surface area (TPSA) is 62.7 Å². The number of hydrogen-bond donors (Lipinski definition) is 1. The van der Waals surface area contributed by atoms with Crippen molar-refractivity contribution in [2.45, 2.75) is 44.8 Å². The average molecular weight is 412 g/mol. The number of carbonyl (C=O) groups is 1. The maximum absolute atomic E-state index is 12.9. The van der Waals surface area contributed by atoms with E-state index in [9.17, 15) is 4.79 Å². The van der Waals surface area contributed by atoms with Gasteiger partial charge in [-0.3, -0.25) is 4.79 Å². The number of carbonyl (C=O) groups excluding carboxylic acids is 1. The number of amides is 1. The van der Waals surface area contributed by atoms with Crippen molar-refractivity contribution in [3.63, 3.8) is 0 Å². The smallest absolute Gasteiger partial charge is 0.257 e. The molecular weight excluding hydrogens is 385 g/mol. The number of nitrogens with two attached hydrogens (primary N) is 1. The number of hydrogen-bond acceptors (Lipinski definition) is 4. The lowest BCUT2D eigenvalue weighted by Crippen LogP contribution is -2.45. The van der Waals surface area contributed by atoms with E-state index in [1.807, 2.05) is 4.90 Å². The first-order valence-corrected chi connectivity index (χ1v) is 9.09. The minimum absolute atomic E-state index is 0. The van der Waals surface area contributed by atoms with Crippen LogP contribution in [-0.2, 0) is 13.0 Å². The molecule has 1 saturated heterocycles. The first-order chi connectivity index (χ1) is 12.1. The Balaban J connectivity index is 0.00000131. The zero-order chi connectivity index (χ0) is 17.4. The predicted octanol–water partition coefficient (Wildman–Crippen LogP) is 3.64. The van der Waals surface area contributed by atoms with Crippen LogP contribution in [0.25, 0.3) is 0 Å². The molecule has 0 spiro atoms. The number of likely N-dealkylation sites (tertiary alicyclic amines) is 1. The van der Waals surface area contributed by atoms with Gasteiger partial charge in [0.15, 0.2) is 0 Å². The molecular formula is C20H27Cl2N3O2. The van der Waals surface area contributed by atoms with Crippen LogP contribution in [0.1, 0.15) is 41.4 Å². The Morgan fingerprint density at radius 2 is 2.04 bits per heavy atom. The van der Waals surface area contributed by atoms with Gasteiger partial charge in [0, 0.05) is 30.9 Å². The molecule has 0 bridgehead atoms. The Kier molecular flexibility index (Phi) is 7.20. The molecule has 2 atom stereocenters. The van der Waals surface area contributed by atoms with Crippen LogP contribution in [0.5, 0.6) is 0 Å². The zero-order valence-electron chi connectivity index (χ0n) is 15.5. The molecule has 2 unspecified atom stereocenters. The molecule has 27 heavy (non-hydrogen) atoms. The van der Waals surface area contributed by atoms with Crippen molar-refractivity contribution >= 4 is 36.4 Å². The maximum Gasteiger partial charge on any atom is 0.257 e. The van der Waals surface area contributed by atoms with Crippen LogP contribution in [0, 0.1) is 0 Å². The highest BCUT2D eigenvalue weighted by molar-refractivity contribution is 5.95. The van der Waals surface area contributed by atoms with Crippen molar-refractivity contribution in [3.05, 3.63) is 53.5 Å². The number of benzene rings is 1. The summed E-state index contributed by atoms with van der Waals surface area (Å²) in [6.45, 7) is 4.24. The van der Waals surface area contributed by atoms with E-state index >= 15 is 0 Å². The Bertz CT molecular complexity index is 780. The lowest BCUT2D eigenvalue weighted by Gasteiger charge is -2.31. The van der Waals surface area contributed by atoms with Crippen molar-refractivity contribution < 1.29 is 9.21 Å². The van der Waals surface area contributed by atoms with Gasteiger partial charge in [0.1, 0.15) is 5.76 Å². The highest BCUT2D eigenvalue weighted by atomic mass is 35.5. The molecule has 4 rings (SSSR count). The second kappa shape index (κ2) is 9.00. The summed E-state index contributed by atoms with van der Waals surface area (Å²) in [6.07, 6.45) is 4.61. The first kappa shape index (κ1) is 21.6. The van der Waals surface area contributed by atoms with Gasteiger partial charge in [-0.15, -0.1) is 24.8 Å². The summed E-state index contributed by atoms with van der Waals surface area (Å²) in [7, 11) is 0. The number of para-hydroxylation sites is 1. The summed E-state index contributed by atoms with van der Waals surface area (Å²) in [5.74, 6) is 0.784. The van der Waals surface area contributed by atoms with E-state index < -0.39 is 0 Å². The molecule has 0 aliphatic carbocycles. The van der Waals surface area contributed by atoms with Crippen molar-refractivity contribution in [2.75, 3.05) is 18.0 Å². The van der Waals surface area contributed by atoms with Gasteiger partial charge in [-0.05, 0) is 43.9 Å². The van der Waals surface area contributed by atoms with Crippen molar-refractivity contribution in [1.82, 2.24) is 4.90 Å². The number of fused-ring (bicyclic) bond motifs is 1. The standard InChI is InChI=1S/C20H25N3O2.2ClH/c1-14-11-15-5-2-3-7-18(15)23(14)13-19-17(8-10-25-19)20(24)22-9-4-6-16(21)12-22;;/h2-3,5,7-8,10,14,16H,4,6,9,11-13,21H2,1H3;2*1H. The minimum Gasteiger partial charge on any atom is -0.467 e. The van der Waals surface area contributed by atoms with E-state index in [-0.39, 0.29) is 36.8 Å². The van der Waals surface area contributed by atoms with Gasteiger partial charge in [-0.25, -0.2) is 0 Å². The van der Waals surface area contributed by atoms with Gasteiger partial charge in [0.25, 0.3) is 5.91 Å². The number of furan rings is 1. The van der Waals surface area contributed by atoms with Crippen LogP contribution in [0.3, 0.4) is 0 Å². The normalized spacial score (nSPS) is 21.3. The first-order valence-electron chi connectivity index (χ1n) is 9.09. The third-order valence-corrected chi connectivity index (χ3v) is 5.38. The fraction of sp³-hybridized carbons (Fsp3) is 0.450. The summed E-state index contributed by atoms with van der Waals surface area (Å²) in [4.78, 5) is 17.1. The summed E-state index contributed by atoms with van der Waals surface area (Å²) in [5.41, 5.74) is 9.30. The number of anilines is 1. The molecule has 0 radical (unpaired) electrons. The minimum atomic E-state index is 0. The van der Waals surface area contributed by atoms with E-state index in [0.717, 1.165) is 31.6 Å². The van der Waals surface area contributed by atoms with Gasteiger partial charge >= 0.3 is 0 Å². The van der Waals surface area contributed by atoms with Crippen LogP contribution in [-0.4, -0.2) is 36.0 Å². The van der Waals surface area contributed by atoms with Crippen molar-refractivity contribution in [1.29, 1.82) is 0 Å². The maximum atomic E-state index is 12.9. The number of piperidine rings is 1. The SMILES string of the molecule is CC1Cc2ccccc2N1Cc1occc1C(=O)N1CCCC(N)C1.Cl.Cl. The van der Waals surface area contributed by atoms with Gasteiger partial charge in [0.2, 0.25) is 0 Å². The number of rotatable bonds is 3. The van der Waals surface area contributed by atoms with Crippen LogP contribution in [0.2, 0.25) is 0 Å². The van der Waals surface area contributed by atoms with Gasteiger partial charge < -0.3 is 20.0 Å². The summed E-state index contributed by atoms with van der Waals surface area (Å²) in [5, 5.41) is 0. The predicted molar refractivity (Wildman–Crippen MR) is 112 cm³/mol. The van der Waals surface area contributed by atoms with Gasteiger partial charge in [-0.1, -0.05) is 18.2 Å². The Hall–Kier alpha value is -1.69. The second-order valence-corrected chi connectivity index (χ2v) is 7.22. The molecule has 1 fully saturated rings. The number of nitrogens with zero attached hydrogens (tertiary/aromatic N) is 2. The van der Waals surface area contributed by atoms with Gasteiger partial charge in [-0.2, -0.15) is 0 Å². The Morgan fingerprint density at radius 1 is 1.26 bits per heavy atom. The van der Waals surface area contributed by atoms with E-state index in [4.69, 9.17) is 10.2 Å². The largest absolute Gasteiger partial charge is 0.467 e. The highest BCUT2D eigenvalue weighted by Gasteiger charge is 2.30. The fourth-order valence-corrected chi connectivity index (χ4v) is 4.04. The number of halogens is 2. The quantitative estimate of drug-likeness (QED) is 0.836. The van der Waals surface area contributed by atoms with E-state index in [1.54, 1.807) is 12.3 Å². The third kappa shape index (κ3) is 4.26. The second-order valence-electron chi connectivity index (χ2n) is 7.22. The molecule has 3 heterocycles. The molecule has 1 aromatic carbocycles. The zero-order valence-corrected chi connectivity index (χ0v) is 17.1. The molecule has 1 aromatic heterocycles. The summed E-state index contributed by atoms with van der Waals surface area (Å²) in [6, 6.07) is 10.7. The molecule has 2 aromatic rings. The Labute approximate surface area is 172 Å². The molecule has 2 aliphatic rings. The Morgan fingerprint density at radius 3 is 2.81 bits per heavy atom. The van der Waals surface area contributed by atoms with Crippen LogP contribution in [0.15, 0.2) is 41.0 Å². The summed E-state index contributed by atoms with van der Waals surface area (Å²) >= 11 is 0. The molecule has 7 heteroatoms. The molecule has 2 N–H and O–H groups in total. The van der Waals surface area contributed by atoms with Gasteiger partial charge in [0.05, 0.1) is 18.4 Å². The fourth-order valence-electron chi connectivity index (χ4n) is 4.04. The lowest BCUT2D eigenvalue weighted by molar-refractivity contribution is 0.0706.